The molecule has 2 aromatic carbocycles. The van der Waals surface area contributed by atoms with Crippen LogP contribution in [0, 0.1) is 5.82 Å². The van der Waals surface area contributed by atoms with Crippen LogP contribution in [0.15, 0.2) is 41.6 Å². The number of aromatic nitrogens is 3. The van der Waals surface area contributed by atoms with Crippen molar-refractivity contribution in [2.75, 3.05) is 7.11 Å². The van der Waals surface area contributed by atoms with Gasteiger partial charge in [0.25, 0.3) is 0 Å². The highest BCUT2D eigenvalue weighted by atomic mass is 35.5. The topological polar surface area (TPSA) is 39.9 Å². The molecular formula is C17H14Cl2FN3OS. The lowest BCUT2D eigenvalue weighted by Gasteiger charge is -2.09. The molecule has 25 heavy (non-hydrogen) atoms. The Morgan fingerprint density at radius 3 is 2.68 bits per heavy atom. The van der Waals surface area contributed by atoms with Crippen LogP contribution in [-0.2, 0) is 12.8 Å². The Bertz CT molecular complexity index is 917. The molecule has 0 amide bonds. The van der Waals surface area contributed by atoms with E-state index in [1.54, 1.807) is 31.4 Å². The summed E-state index contributed by atoms with van der Waals surface area (Å²) >= 11 is 13.6. The van der Waals surface area contributed by atoms with Crippen LogP contribution in [0.2, 0.25) is 10.0 Å². The van der Waals surface area contributed by atoms with Gasteiger partial charge in [-0.3, -0.25) is 0 Å². The van der Waals surface area contributed by atoms with E-state index < -0.39 is 0 Å². The lowest BCUT2D eigenvalue weighted by molar-refractivity contribution is 0.416. The van der Waals surface area contributed by atoms with Crippen LogP contribution in [-0.4, -0.2) is 21.9 Å². The fourth-order valence-electron chi connectivity index (χ4n) is 2.31. The number of rotatable bonds is 5. The molecule has 0 radical (unpaired) electrons. The van der Waals surface area contributed by atoms with Gasteiger partial charge in [-0.15, -0.1) is 10.2 Å². The molecule has 1 aromatic heterocycles. The third kappa shape index (κ3) is 3.92. The first-order chi connectivity index (χ1) is 12.0. The molecule has 0 saturated heterocycles. The molecule has 8 heteroatoms. The zero-order chi connectivity index (χ0) is 18.0. The third-order valence-electron chi connectivity index (χ3n) is 3.61. The van der Waals surface area contributed by atoms with Crippen LogP contribution >= 0.6 is 35.0 Å². The summed E-state index contributed by atoms with van der Waals surface area (Å²) in [6.07, 6.45) is 0. The van der Waals surface area contributed by atoms with Crippen LogP contribution < -0.4 is 4.74 Å². The lowest BCUT2D eigenvalue weighted by atomic mass is 10.2. The van der Waals surface area contributed by atoms with E-state index in [2.05, 4.69) is 10.2 Å². The molecule has 0 aliphatic rings. The summed E-state index contributed by atoms with van der Waals surface area (Å²) in [5.41, 5.74) is 1.59. The first-order valence-corrected chi connectivity index (χ1v) is 9.03. The van der Waals surface area contributed by atoms with Crippen molar-refractivity contribution in [2.24, 2.45) is 7.05 Å². The number of ether oxygens (including phenoxy) is 1. The number of benzene rings is 2. The molecule has 0 unspecified atom stereocenters. The van der Waals surface area contributed by atoms with Crippen molar-refractivity contribution in [1.82, 2.24) is 14.8 Å². The van der Waals surface area contributed by atoms with E-state index in [1.165, 1.54) is 23.9 Å². The Morgan fingerprint density at radius 2 is 1.96 bits per heavy atom. The van der Waals surface area contributed by atoms with Gasteiger partial charge in [-0.1, -0.05) is 41.0 Å². The Morgan fingerprint density at radius 1 is 1.16 bits per heavy atom. The van der Waals surface area contributed by atoms with Crippen molar-refractivity contribution in [3.8, 4) is 17.1 Å². The zero-order valence-corrected chi connectivity index (χ0v) is 15.8. The van der Waals surface area contributed by atoms with Crippen molar-refractivity contribution in [3.05, 3.63) is 57.8 Å². The molecule has 130 valence electrons. The molecule has 0 fully saturated rings. The van der Waals surface area contributed by atoms with Crippen molar-refractivity contribution in [2.45, 2.75) is 10.9 Å². The quantitative estimate of drug-likeness (QED) is 0.552. The first kappa shape index (κ1) is 18.0. The second kappa shape index (κ2) is 7.64. The number of hydrogen-bond donors (Lipinski definition) is 0. The Balaban J connectivity index is 1.85. The fourth-order valence-corrected chi connectivity index (χ4v) is 3.71. The number of hydrogen-bond acceptors (Lipinski definition) is 4. The largest absolute Gasteiger partial charge is 0.496 e. The Kier molecular flexibility index (Phi) is 5.51. The summed E-state index contributed by atoms with van der Waals surface area (Å²) < 4.78 is 20.4. The molecule has 0 N–H and O–H groups in total. The van der Waals surface area contributed by atoms with E-state index in [-0.39, 0.29) is 5.82 Å². The molecule has 4 nitrogen and oxygen atoms in total. The van der Waals surface area contributed by atoms with Crippen molar-refractivity contribution in [1.29, 1.82) is 0 Å². The number of halogens is 3. The fraction of sp³-hybridized carbons (Fsp3) is 0.176. The monoisotopic (exact) mass is 397 g/mol. The summed E-state index contributed by atoms with van der Waals surface area (Å²) in [6.45, 7) is 0. The third-order valence-corrected chi connectivity index (χ3v) is 5.27. The number of methoxy groups -OCH3 is 1. The molecule has 3 aromatic rings. The minimum Gasteiger partial charge on any atom is -0.496 e. The maximum atomic E-state index is 13.1. The highest BCUT2D eigenvalue weighted by Gasteiger charge is 2.16. The van der Waals surface area contributed by atoms with Crippen LogP contribution in [0.4, 0.5) is 4.39 Å². The second-order valence-electron chi connectivity index (χ2n) is 5.23. The van der Waals surface area contributed by atoms with E-state index in [1.807, 2.05) is 11.6 Å². The van der Waals surface area contributed by atoms with Gasteiger partial charge in [0, 0.05) is 22.8 Å². The predicted molar refractivity (Wildman–Crippen MR) is 99.0 cm³/mol. The van der Waals surface area contributed by atoms with Gasteiger partial charge in [0.2, 0.25) is 0 Å². The van der Waals surface area contributed by atoms with Crippen molar-refractivity contribution in [3.63, 3.8) is 0 Å². The summed E-state index contributed by atoms with van der Waals surface area (Å²) in [5, 5.41) is 10.2. The summed E-state index contributed by atoms with van der Waals surface area (Å²) in [5.74, 6) is 1.51. The number of nitrogens with zero attached hydrogens (tertiary/aromatic N) is 3. The normalized spacial score (nSPS) is 10.9. The molecule has 3 rings (SSSR count). The molecule has 1 heterocycles. The van der Waals surface area contributed by atoms with Crippen LogP contribution in [0.25, 0.3) is 11.4 Å². The standard InChI is InChI=1S/C17H14Cl2FN3OS/c1-23-16(13-7-11(18)4-6-15(13)24-2)21-22-17(23)25-9-10-3-5-12(20)8-14(10)19/h3-8H,9H2,1-2H3. The minimum absolute atomic E-state index is 0.354. The SMILES string of the molecule is COc1ccc(Cl)cc1-c1nnc(SCc2ccc(F)cc2Cl)n1C. The van der Waals surface area contributed by atoms with Crippen LogP contribution in [0.3, 0.4) is 0 Å². The highest BCUT2D eigenvalue weighted by Crippen LogP contribution is 2.33. The smallest absolute Gasteiger partial charge is 0.191 e. The molecule has 0 bridgehead atoms. The van der Waals surface area contributed by atoms with Gasteiger partial charge in [-0.05, 0) is 35.9 Å². The van der Waals surface area contributed by atoms with Crippen molar-refractivity contribution < 1.29 is 9.13 Å². The van der Waals surface area contributed by atoms with E-state index in [0.29, 0.717) is 32.5 Å². The molecule has 0 aliphatic heterocycles. The van der Waals surface area contributed by atoms with Gasteiger partial charge >= 0.3 is 0 Å². The van der Waals surface area contributed by atoms with E-state index >= 15 is 0 Å². The van der Waals surface area contributed by atoms with Gasteiger partial charge in [0.1, 0.15) is 11.6 Å². The maximum Gasteiger partial charge on any atom is 0.191 e. The Hall–Kier alpha value is -1.76. The minimum atomic E-state index is -0.354. The summed E-state index contributed by atoms with van der Waals surface area (Å²) in [6, 6.07) is 9.69. The molecule has 0 saturated carbocycles. The van der Waals surface area contributed by atoms with Crippen LogP contribution in [0.5, 0.6) is 5.75 Å². The predicted octanol–water partition coefficient (Wildman–Crippen LogP) is 5.23. The van der Waals surface area contributed by atoms with Gasteiger partial charge in [0.15, 0.2) is 11.0 Å². The average molecular weight is 398 g/mol. The van der Waals surface area contributed by atoms with Crippen molar-refractivity contribution >= 4 is 35.0 Å². The van der Waals surface area contributed by atoms with Gasteiger partial charge in [-0.2, -0.15) is 0 Å². The highest BCUT2D eigenvalue weighted by molar-refractivity contribution is 7.98. The first-order valence-electron chi connectivity index (χ1n) is 7.29. The molecule has 0 aliphatic carbocycles. The molecule has 0 spiro atoms. The van der Waals surface area contributed by atoms with E-state index in [9.17, 15) is 4.39 Å². The Labute approximate surface area is 158 Å². The van der Waals surface area contributed by atoms with E-state index in [0.717, 1.165) is 11.1 Å². The maximum absolute atomic E-state index is 13.1. The van der Waals surface area contributed by atoms with Gasteiger partial charge < -0.3 is 9.30 Å². The van der Waals surface area contributed by atoms with Gasteiger partial charge in [0.05, 0.1) is 12.7 Å². The summed E-state index contributed by atoms with van der Waals surface area (Å²) in [4.78, 5) is 0. The molecular weight excluding hydrogens is 384 g/mol. The number of thioether (sulfide) groups is 1. The summed E-state index contributed by atoms with van der Waals surface area (Å²) in [7, 11) is 3.46. The zero-order valence-electron chi connectivity index (χ0n) is 13.5. The second-order valence-corrected chi connectivity index (χ2v) is 7.02. The lowest BCUT2D eigenvalue weighted by Crippen LogP contribution is -1.97. The molecule has 0 atom stereocenters. The van der Waals surface area contributed by atoms with E-state index in [4.69, 9.17) is 27.9 Å². The van der Waals surface area contributed by atoms with Crippen LogP contribution in [0.1, 0.15) is 5.56 Å². The average Bonchev–Trinajstić information content (AvgIpc) is 2.95. The van der Waals surface area contributed by atoms with Gasteiger partial charge in [-0.25, -0.2) is 4.39 Å².